The van der Waals surface area contributed by atoms with Crippen molar-refractivity contribution in [3.63, 3.8) is 0 Å². The highest BCUT2D eigenvalue weighted by atomic mass is 19.1. The number of amides is 2. The molecule has 8 nitrogen and oxygen atoms in total. The van der Waals surface area contributed by atoms with Crippen LogP contribution in [0.1, 0.15) is 23.7 Å². The Morgan fingerprint density at radius 2 is 2.05 bits per heavy atom. The first kappa shape index (κ1) is 16.3. The van der Waals surface area contributed by atoms with Gasteiger partial charge in [0.2, 0.25) is 5.91 Å². The molecule has 9 heteroatoms. The SMILES string of the molecule is CCCNC(=O)CNC(=O)c1cc(N)c(F)cc1[N+](=O)[O-]. The zero-order valence-electron chi connectivity index (χ0n) is 11.3. The summed E-state index contributed by atoms with van der Waals surface area (Å²) in [5, 5.41) is 15.5. The third-order valence-electron chi connectivity index (χ3n) is 2.54. The largest absolute Gasteiger partial charge is 0.396 e. The number of nitro benzene ring substituents is 1. The van der Waals surface area contributed by atoms with E-state index in [0.29, 0.717) is 12.6 Å². The number of halogens is 1. The van der Waals surface area contributed by atoms with Gasteiger partial charge in [-0.05, 0) is 12.5 Å². The summed E-state index contributed by atoms with van der Waals surface area (Å²) in [7, 11) is 0. The summed E-state index contributed by atoms with van der Waals surface area (Å²) in [6.07, 6.45) is 0.736. The van der Waals surface area contributed by atoms with Crippen LogP contribution in [0.25, 0.3) is 0 Å². The molecule has 0 fully saturated rings. The molecule has 0 aliphatic heterocycles. The highest BCUT2D eigenvalue weighted by Gasteiger charge is 2.23. The maximum atomic E-state index is 13.2. The molecule has 0 aliphatic rings. The second-order valence-electron chi connectivity index (χ2n) is 4.18. The molecule has 1 rings (SSSR count). The fourth-order valence-corrected chi connectivity index (χ4v) is 1.50. The monoisotopic (exact) mass is 298 g/mol. The Hall–Kier alpha value is -2.71. The molecule has 0 unspecified atom stereocenters. The Labute approximate surface area is 119 Å². The molecule has 2 amide bonds. The van der Waals surface area contributed by atoms with Crippen LogP contribution in [0, 0.1) is 15.9 Å². The van der Waals surface area contributed by atoms with Crippen LogP contribution in [-0.2, 0) is 4.79 Å². The van der Waals surface area contributed by atoms with Crippen LogP contribution in [0.3, 0.4) is 0 Å². The van der Waals surface area contributed by atoms with Crippen LogP contribution in [0.4, 0.5) is 15.8 Å². The van der Waals surface area contributed by atoms with E-state index in [1.165, 1.54) is 0 Å². The molecule has 0 saturated heterocycles. The van der Waals surface area contributed by atoms with Crippen LogP contribution in [0.15, 0.2) is 12.1 Å². The van der Waals surface area contributed by atoms with Crippen molar-refractivity contribution in [3.05, 3.63) is 33.6 Å². The Kier molecular flexibility index (Phi) is 5.58. The summed E-state index contributed by atoms with van der Waals surface area (Å²) in [5.41, 5.74) is 3.79. The zero-order valence-corrected chi connectivity index (χ0v) is 11.3. The Morgan fingerprint density at radius 1 is 1.38 bits per heavy atom. The number of nitrogen functional groups attached to an aromatic ring is 1. The number of anilines is 1. The van der Waals surface area contributed by atoms with Gasteiger partial charge >= 0.3 is 0 Å². The molecular formula is C12H15FN4O4. The molecule has 0 heterocycles. The van der Waals surface area contributed by atoms with Gasteiger partial charge in [0.1, 0.15) is 5.56 Å². The maximum absolute atomic E-state index is 13.2. The first-order chi connectivity index (χ1) is 9.86. The number of nitro groups is 1. The highest BCUT2D eigenvalue weighted by Crippen LogP contribution is 2.24. The van der Waals surface area contributed by atoms with Gasteiger partial charge in [-0.25, -0.2) is 4.39 Å². The van der Waals surface area contributed by atoms with Crippen LogP contribution in [0.5, 0.6) is 0 Å². The van der Waals surface area contributed by atoms with E-state index >= 15 is 0 Å². The average molecular weight is 298 g/mol. The molecule has 0 saturated carbocycles. The standard InChI is InChI=1S/C12H15FN4O4/c1-2-3-15-11(18)6-16-12(19)7-4-9(14)8(13)5-10(7)17(20)21/h4-5H,2-3,6,14H2,1H3,(H,15,18)(H,16,19). The second-order valence-corrected chi connectivity index (χ2v) is 4.18. The lowest BCUT2D eigenvalue weighted by Gasteiger charge is -2.07. The fraction of sp³-hybridized carbons (Fsp3) is 0.333. The Morgan fingerprint density at radius 3 is 2.62 bits per heavy atom. The molecule has 0 spiro atoms. The minimum atomic E-state index is -0.987. The van der Waals surface area contributed by atoms with E-state index in [4.69, 9.17) is 5.73 Å². The molecule has 0 aliphatic carbocycles. The Balaban J connectivity index is 2.85. The van der Waals surface area contributed by atoms with Gasteiger partial charge in [0.15, 0.2) is 5.82 Å². The molecule has 1 aromatic rings. The lowest BCUT2D eigenvalue weighted by Crippen LogP contribution is -2.37. The molecule has 0 radical (unpaired) electrons. The van der Waals surface area contributed by atoms with Crippen molar-refractivity contribution in [2.75, 3.05) is 18.8 Å². The van der Waals surface area contributed by atoms with Gasteiger partial charge in [0.25, 0.3) is 11.6 Å². The summed E-state index contributed by atoms with van der Waals surface area (Å²) in [6, 6.07) is 1.44. The maximum Gasteiger partial charge on any atom is 0.285 e. The van der Waals surface area contributed by atoms with Gasteiger partial charge in [0.05, 0.1) is 23.2 Å². The molecule has 0 atom stereocenters. The van der Waals surface area contributed by atoms with Crippen LogP contribution in [0.2, 0.25) is 0 Å². The van der Waals surface area contributed by atoms with E-state index in [1.54, 1.807) is 0 Å². The fourth-order valence-electron chi connectivity index (χ4n) is 1.50. The first-order valence-electron chi connectivity index (χ1n) is 6.15. The number of hydrogen-bond donors (Lipinski definition) is 3. The molecule has 0 aromatic heterocycles. The number of carbonyl (C=O) groups is 2. The predicted octanol–water partition coefficient (Wildman–Crippen LogP) is 0.572. The van der Waals surface area contributed by atoms with Crippen molar-refractivity contribution in [1.82, 2.24) is 10.6 Å². The van der Waals surface area contributed by atoms with E-state index in [-0.39, 0.29) is 12.2 Å². The van der Waals surface area contributed by atoms with Gasteiger partial charge in [-0.1, -0.05) is 6.92 Å². The first-order valence-corrected chi connectivity index (χ1v) is 6.15. The number of nitrogens with zero attached hydrogens (tertiary/aromatic N) is 1. The van der Waals surface area contributed by atoms with Crippen molar-refractivity contribution < 1.29 is 18.9 Å². The molecule has 0 bridgehead atoms. The zero-order chi connectivity index (χ0) is 16.0. The quantitative estimate of drug-likeness (QED) is 0.402. The summed E-state index contributed by atoms with van der Waals surface area (Å²) >= 11 is 0. The Bertz CT molecular complexity index is 577. The van der Waals surface area contributed by atoms with Gasteiger partial charge in [-0.2, -0.15) is 0 Å². The number of nitrogens with two attached hydrogens (primary N) is 1. The molecular weight excluding hydrogens is 283 g/mol. The number of nitrogens with one attached hydrogen (secondary N) is 2. The lowest BCUT2D eigenvalue weighted by molar-refractivity contribution is -0.385. The third kappa shape index (κ3) is 4.41. The topological polar surface area (TPSA) is 127 Å². The average Bonchev–Trinajstić information content (AvgIpc) is 2.44. The predicted molar refractivity (Wildman–Crippen MR) is 73.1 cm³/mol. The molecule has 114 valence electrons. The minimum absolute atomic E-state index is 0.340. The summed E-state index contributed by atoms with van der Waals surface area (Å²) in [6.45, 7) is 1.98. The number of hydrogen-bond acceptors (Lipinski definition) is 5. The van der Waals surface area contributed by atoms with E-state index in [9.17, 15) is 24.1 Å². The number of carbonyl (C=O) groups excluding carboxylic acids is 2. The van der Waals surface area contributed by atoms with Crippen molar-refractivity contribution in [2.24, 2.45) is 0 Å². The minimum Gasteiger partial charge on any atom is -0.396 e. The van der Waals surface area contributed by atoms with E-state index in [2.05, 4.69) is 10.6 Å². The van der Waals surface area contributed by atoms with Crippen molar-refractivity contribution >= 4 is 23.2 Å². The summed E-state index contributed by atoms with van der Waals surface area (Å²) in [4.78, 5) is 33.1. The van der Waals surface area contributed by atoms with Crippen LogP contribution in [-0.4, -0.2) is 29.8 Å². The van der Waals surface area contributed by atoms with Gasteiger partial charge in [-0.15, -0.1) is 0 Å². The van der Waals surface area contributed by atoms with Gasteiger partial charge in [0, 0.05) is 6.54 Å². The second kappa shape index (κ2) is 7.17. The molecule has 4 N–H and O–H groups in total. The number of rotatable bonds is 6. The highest BCUT2D eigenvalue weighted by molar-refractivity contribution is 6.00. The van der Waals surface area contributed by atoms with Gasteiger partial charge in [-0.3, -0.25) is 19.7 Å². The van der Waals surface area contributed by atoms with E-state index in [0.717, 1.165) is 12.5 Å². The van der Waals surface area contributed by atoms with Crippen LogP contribution < -0.4 is 16.4 Å². The third-order valence-corrected chi connectivity index (χ3v) is 2.54. The van der Waals surface area contributed by atoms with Crippen molar-refractivity contribution in [3.8, 4) is 0 Å². The van der Waals surface area contributed by atoms with Crippen molar-refractivity contribution in [2.45, 2.75) is 13.3 Å². The summed E-state index contributed by atoms with van der Waals surface area (Å²) in [5.74, 6) is -2.29. The number of benzene rings is 1. The van der Waals surface area contributed by atoms with Crippen LogP contribution >= 0.6 is 0 Å². The lowest BCUT2D eigenvalue weighted by atomic mass is 10.1. The molecule has 21 heavy (non-hydrogen) atoms. The van der Waals surface area contributed by atoms with E-state index < -0.39 is 33.8 Å². The van der Waals surface area contributed by atoms with Gasteiger partial charge < -0.3 is 16.4 Å². The van der Waals surface area contributed by atoms with E-state index in [1.807, 2.05) is 6.92 Å². The summed E-state index contributed by atoms with van der Waals surface area (Å²) < 4.78 is 13.2. The normalized spacial score (nSPS) is 10.0. The molecule has 1 aromatic carbocycles. The smallest absolute Gasteiger partial charge is 0.285 e. The van der Waals surface area contributed by atoms with Crippen molar-refractivity contribution in [1.29, 1.82) is 0 Å².